The predicted molar refractivity (Wildman–Crippen MR) is 115 cm³/mol. The largest absolute Gasteiger partial charge is 0.339 e. The van der Waals surface area contributed by atoms with E-state index in [0.717, 1.165) is 49.3 Å². The van der Waals surface area contributed by atoms with Gasteiger partial charge in [-0.3, -0.25) is 4.79 Å². The van der Waals surface area contributed by atoms with E-state index in [1.165, 1.54) is 18.9 Å². The molecule has 0 bridgehead atoms. The van der Waals surface area contributed by atoms with Crippen molar-refractivity contribution >= 4 is 5.91 Å². The molecule has 2 fully saturated rings. The van der Waals surface area contributed by atoms with E-state index in [9.17, 15) is 13.6 Å². The molecule has 1 aromatic heterocycles. The summed E-state index contributed by atoms with van der Waals surface area (Å²) in [5.74, 6) is 0.512. The number of benzene rings is 1. The molecule has 0 spiro atoms. The number of nitrogens with zero attached hydrogens (tertiary/aromatic N) is 3. The summed E-state index contributed by atoms with van der Waals surface area (Å²) in [5.41, 5.74) is 7.93. The number of rotatable bonds is 5. The van der Waals surface area contributed by atoms with Gasteiger partial charge in [-0.1, -0.05) is 12.8 Å². The molecule has 1 amide bonds. The Balaban J connectivity index is 1.35. The highest BCUT2D eigenvalue weighted by Gasteiger charge is 2.29. The molecule has 1 atom stereocenters. The second kappa shape index (κ2) is 9.39. The fourth-order valence-electron chi connectivity index (χ4n) is 4.90. The van der Waals surface area contributed by atoms with Crippen molar-refractivity contribution in [1.82, 2.24) is 14.9 Å². The quantitative estimate of drug-likeness (QED) is 0.777. The summed E-state index contributed by atoms with van der Waals surface area (Å²) in [4.78, 5) is 24.0. The van der Waals surface area contributed by atoms with Crippen LogP contribution < -0.4 is 5.73 Å². The van der Waals surface area contributed by atoms with Crippen LogP contribution in [0.2, 0.25) is 0 Å². The van der Waals surface area contributed by atoms with Gasteiger partial charge in [-0.2, -0.15) is 0 Å². The van der Waals surface area contributed by atoms with Gasteiger partial charge in [-0.15, -0.1) is 0 Å². The Bertz CT molecular complexity index is 937. The zero-order chi connectivity index (χ0) is 22.0. The Labute approximate surface area is 182 Å². The SMILES string of the molecule is Cc1nc(C2CCCC2)ncc1C(=O)N1CCC(C(N)Cc2cc(F)ccc2F)CC1. The summed E-state index contributed by atoms with van der Waals surface area (Å²) in [5, 5.41) is 0. The summed E-state index contributed by atoms with van der Waals surface area (Å²) in [6.45, 7) is 3.06. The van der Waals surface area contributed by atoms with Gasteiger partial charge in [0, 0.05) is 31.2 Å². The van der Waals surface area contributed by atoms with E-state index in [1.807, 2.05) is 11.8 Å². The number of carbonyl (C=O) groups excluding carboxylic acids is 1. The average Bonchev–Trinajstić information content (AvgIpc) is 3.31. The predicted octanol–water partition coefficient (Wildman–Crippen LogP) is 4.14. The lowest BCUT2D eigenvalue weighted by Crippen LogP contribution is -2.44. The molecule has 1 saturated heterocycles. The Hall–Kier alpha value is -2.41. The van der Waals surface area contributed by atoms with Crippen molar-refractivity contribution in [2.24, 2.45) is 11.7 Å². The second-order valence-electron chi connectivity index (χ2n) is 8.94. The highest BCUT2D eigenvalue weighted by Crippen LogP contribution is 2.32. The lowest BCUT2D eigenvalue weighted by atomic mass is 9.86. The minimum absolute atomic E-state index is 0.0429. The topological polar surface area (TPSA) is 72.1 Å². The number of aromatic nitrogens is 2. The lowest BCUT2D eigenvalue weighted by Gasteiger charge is -2.35. The molecular formula is C24H30F2N4O. The summed E-state index contributed by atoms with van der Waals surface area (Å²) in [6, 6.07) is 3.19. The Kier molecular flexibility index (Phi) is 6.60. The average molecular weight is 429 g/mol. The molecule has 1 aromatic carbocycles. The minimum atomic E-state index is -0.458. The van der Waals surface area contributed by atoms with Crippen LogP contribution in [0.1, 0.15) is 71.9 Å². The van der Waals surface area contributed by atoms with Crippen molar-refractivity contribution < 1.29 is 13.6 Å². The van der Waals surface area contributed by atoms with E-state index in [-0.39, 0.29) is 24.3 Å². The van der Waals surface area contributed by atoms with Crippen LogP contribution >= 0.6 is 0 Å². The molecule has 2 aromatic rings. The maximum Gasteiger partial charge on any atom is 0.257 e. The molecule has 1 unspecified atom stereocenters. The molecule has 2 N–H and O–H groups in total. The number of aryl methyl sites for hydroxylation is 1. The monoisotopic (exact) mass is 428 g/mol. The van der Waals surface area contributed by atoms with Crippen LogP contribution in [-0.4, -0.2) is 39.9 Å². The fraction of sp³-hybridized carbons (Fsp3) is 0.542. The molecular weight excluding hydrogens is 398 g/mol. The van der Waals surface area contributed by atoms with Crippen molar-refractivity contribution in [3.8, 4) is 0 Å². The first kappa shape index (κ1) is 21.8. The fourth-order valence-corrected chi connectivity index (χ4v) is 4.90. The molecule has 4 rings (SSSR count). The lowest BCUT2D eigenvalue weighted by molar-refractivity contribution is 0.0676. The maximum atomic E-state index is 13.9. The van der Waals surface area contributed by atoms with E-state index in [2.05, 4.69) is 9.97 Å². The minimum Gasteiger partial charge on any atom is -0.339 e. The van der Waals surface area contributed by atoms with Gasteiger partial charge < -0.3 is 10.6 Å². The van der Waals surface area contributed by atoms with Gasteiger partial charge in [0.25, 0.3) is 5.91 Å². The summed E-state index contributed by atoms with van der Waals surface area (Å²) in [6.07, 6.45) is 8.14. The van der Waals surface area contributed by atoms with Gasteiger partial charge in [-0.05, 0) is 68.7 Å². The number of halogens is 2. The molecule has 31 heavy (non-hydrogen) atoms. The van der Waals surface area contributed by atoms with Gasteiger partial charge in [0.05, 0.1) is 11.3 Å². The number of piperidine rings is 1. The van der Waals surface area contributed by atoms with Crippen molar-refractivity contribution in [1.29, 1.82) is 0 Å². The number of hydrogen-bond donors (Lipinski definition) is 1. The first-order valence-corrected chi connectivity index (χ1v) is 11.2. The van der Waals surface area contributed by atoms with Crippen molar-refractivity contribution in [2.45, 2.75) is 63.8 Å². The highest BCUT2D eigenvalue weighted by atomic mass is 19.1. The smallest absolute Gasteiger partial charge is 0.257 e. The van der Waals surface area contributed by atoms with Crippen LogP contribution in [0.25, 0.3) is 0 Å². The maximum absolute atomic E-state index is 13.9. The Morgan fingerprint density at radius 3 is 2.58 bits per heavy atom. The normalized spacial score (nSPS) is 19.0. The van der Waals surface area contributed by atoms with E-state index in [1.54, 1.807) is 6.20 Å². The summed E-state index contributed by atoms with van der Waals surface area (Å²) < 4.78 is 27.4. The van der Waals surface area contributed by atoms with E-state index in [0.29, 0.717) is 30.1 Å². The molecule has 2 aliphatic rings. The third kappa shape index (κ3) is 4.92. The molecule has 5 nitrogen and oxygen atoms in total. The number of nitrogens with two attached hydrogens (primary N) is 1. The van der Waals surface area contributed by atoms with E-state index >= 15 is 0 Å². The molecule has 7 heteroatoms. The van der Waals surface area contributed by atoms with Gasteiger partial charge in [-0.25, -0.2) is 18.7 Å². The van der Waals surface area contributed by atoms with Crippen LogP contribution in [0.15, 0.2) is 24.4 Å². The van der Waals surface area contributed by atoms with Gasteiger partial charge in [0.1, 0.15) is 17.5 Å². The summed E-state index contributed by atoms with van der Waals surface area (Å²) in [7, 11) is 0. The number of amides is 1. The van der Waals surface area contributed by atoms with Crippen LogP contribution in [-0.2, 0) is 6.42 Å². The summed E-state index contributed by atoms with van der Waals surface area (Å²) >= 11 is 0. The van der Waals surface area contributed by atoms with Gasteiger partial charge in [0.15, 0.2) is 0 Å². The standard InChI is InChI=1S/C24H30F2N4O/c1-15-20(14-28-23(29-15)17-4-2-3-5-17)24(31)30-10-8-16(9-11-30)22(27)13-18-12-19(25)6-7-21(18)26/h6-7,12,14,16-17,22H,2-5,8-11,13,27H2,1H3. The van der Waals surface area contributed by atoms with Crippen LogP contribution in [0.4, 0.5) is 8.78 Å². The van der Waals surface area contributed by atoms with Crippen molar-refractivity contribution in [3.05, 3.63) is 58.7 Å². The number of hydrogen-bond acceptors (Lipinski definition) is 4. The van der Waals surface area contributed by atoms with E-state index < -0.39 is 11.6 Å². The zero-order valence-corrected chi connectivity index (χ0v) is 18.0. The van der Waals surface area contributed by atoms with Crippen LogP contribution in [0, 0.1) is 24.5 Å². The third-order valence-electron chi connectivity index (χ3n) is 6.84. The van der Waals surface area contributed by atoms with Crippen molar-refractivity contribution in [3.63, 3.8) is 0 Å². The first-order valence-electron chi connectivity index (χ1n) is 11.2. The zero-order valence-electron chi connectivity index (χ0n) is 18.0. The number of likely N-dealkylation sites (tertiary alicyclic amines) is 1. The molecule has 1 aliphatic heterocycles. The van der Waals surface area contributed by atoms with Crippen LogP contribution in [0.3, 0.4) is 0 Å². The first-order chi connectivity index (χ1) is 14.9. The Morgan fingerprint density at radius 1 is 1.19 bits per heavy atom. The van der Waals surface area contributed by atoms with Gasteiger partial charge in [0.2, 0.25) is 0 Å². The molecule has 166 valence electrons. The van der Waals surface area contributed by atoms with Gasteiger partial charge >= 0.3 is 0 Å². The van der Waals surface area contributed by atoms with Crippen LogP contribution in [0.5, 0.6) is 0 Å². The second-order valence-corrected chi connectivity index (χ2v) is 8.94. The van der Waals surface area contributed by atoms with E-state index in [4.69, 9.17) is 5.73 Å². The Morgan fingerprint density at radius 2 is 1.90 bits per heavy atom. The number of carbonyl (C=O) groups is 1. The molecule has 1 saturated carbocycles. The highest BCUT2D eigenvalue weighted by molar-refractivity contribution is 5.95. The third-order valence-corrected chi connectivity index (χ3v) is 6.84. The molecule has 0 radical (unpaired) electrons. The molecule has 1 aliphatic carbocycles. The molecule has 2 heterocycles. The van der Waals surface area contributed by atoms with Crippen molar-refractivity contribution in [2.75, 3.05) is 13.1 Å².